The number of benzene rings is 2. The first-order valence-electron chi connectivity index (χ1n) is 5.57. The lowest BCUT2D eigenvalue weighted by atomic mass is 10.1. The van der Waals surface area contributed by atoms with Crippen LogP contribution in [0.5, 0.6) is 5.75 Å². The summed E-state index contributed by atoms with van der Waals surface area (Å²) < 4.78 is 5.37. The highest BCUT2D eigenvalue weighted by Crippen LogP contribution is 2.21. The van der Waals surface area contributed by atoms with Gasteiger partial charge in [-0.25, -0.2) is 0 Å². The fourth-order valence-corrected chi connectivity index (χ4v) is 1.70. The molecule has 2 rings (SSSR count). The van der Waals surface area contributed by atoms with Gasteiger partial charge in [0.2, 0.25) is 0 Å². The zero-order chi connectivity index (χ0) is 12.3. The summed E-state index contributed by atoms with van der Waals surface area (Å²) in [7, 11) is 0. The maximum atomic E-state index is 10.8. The van der Waals surface area contributed by atoms with Crippen molar-refractivity contribution in [2.24, 2.45) is 0 Å². The second-order valence-corrected chi connectivity index (χ2v) is 3.84. The van der Waals surface area contributed by atoms with Gasteiger partial charge in [-0.15, -0.1) is 0 Å². The fourth-order valence-electron chi connectivity index (χ4n) is 1.70. The molecule has 0 bridgehead atoms. The molecule has 3 nitrogen and oxygen atoms in total. The Bertz CT molecular complexity index is 534. The van der Waals surface area contributed by atoms with E-state index in [-0.39, 0.29) is 0 Å². The Morgan fingerprint density at radius 1 is 1.24 bits per heavy atom. The summed E-state index contributed by atoms with van der Waals surface area (Å²) in [4.78, 5) is 10.8. The van der Waals surface area contributed by atoms with Crippen LogP contribution in [0.3, 0.4) is 0 Å². The SMILES string of the molecule is CC[C@H](Oc1ccc2ccccc2c1)C(=O)[O-]. The average molecular weight is 229 g/mol. The molecule has 0 fully saturated rings. The Hall–Kier alpha value is -2.03. The van der Waals surface area contributed by atoms with Gasteiger partial charge >= 0.3 is 0 Å². The lowest BCUT2D eigenvalue weighted by Crippen LogP contribution is -2.39. The van der Waals surface area contributed by atoms with E-state index in [0.717, 1.165) is 10.8 Å². The van der Waals surface area contributed by atoms with Gasteiger partial charge in [-0.3, -0.25) is 0 Å². The third kappa shape index (κ3) is 2.56. The number of hydrogen-bond donors (Lipinski definition) is 0. The van der Waals surface area contributed by atoms with Crippen LogP contribution in [0.15, 0.2) is 42.5 Å². The van der Waals surface area contributed by atoms with Gasteiger partial charge < -0.3 is 14.6 Å². The maximum absolute atomic E-state index is 10.8. The molecule has 2 aromatic carbocycles. The number of carbonyl (C=O) groups excluding carboxylic acids is 1. The van der Waals surface area contributed by atoms with Gasteiger partial charge in [-0.2, -0.15) is 0 Å². The number of hydrogen-bond acceptors (Lipinski definition) is 3. The summed E-state index contributed by atoms with van der Waals surface area (Å²) in [5.74, 6) is -0.625. The molecule has 0 saturated heterocycles. The zero-order valence-corrected chi connectivity index (χ0v) is 9.55. The van der Waals surface area contributed by atoms with Crippen LogP contribution >= 0.6 is 0 Å². The molecule has 0 aliphatic rings. The zero-order valence-electron chi connectivity index (χ0n) is 9.55. The van der Waals surface area contributed by atoms with E-state index >= 15 is 0 Å². The van der Waals surface area contributed by atoms with Crippen molar-refractivity contribution in [2.75, 3.05) is 0 Å². The molecular formula is C14H13O3-. The van der Waals surface area contributed by atoms with Crippen molar-refractivity contribution in [3.63, 3.8) is 0 Å². The standard InChI is InChI=1S/C14H14O3/c1-2-13(14(15)16)17-12-8-7-10-5-3-4-6-11(10)9-12/h3-9,13H,2H2,1H3,(H,15,16)/p-1/t13-/m0/s1. The summed E-state index contributed by atoms with van der Waals surface area (Å²) in [6.45, 7) is 1.75. The predicted molar refractivity (Wildman–Crippen MR) is 63.7 cm³/mol. The summed E-state index contributed by atoms with van der Waals surface area (Å²) >= 11 is 0. The van der Waals surface area contributed by atoms with E-state index in [0.29, 0.717) is 12.2 Å². The van der Waals surface area contributed by atoms with Gasteiger partial charge in [0.25, 0.3) is 0 Å². The molecule has 88 valence electrons. The molecule has 1 atom stereocenters. The van der Waals surface area contributed by atoms with E-state index in [1.54, 1.807) is 13.0 Å². The van der Waals surface area contributed by atoms with E-state index in [4.69, 9.17) is 4.74 Å². The topological polar surface area (TPSA) is 49.4 Å². The molecule has 17 heavy (non-hydrogen) atoms. The quantitative estimate of drug-likeness (QED) is 0.802. The van der Waals surface area contributed by atoms with Crippen molar-refractivity contribution in [2.45, 2.75) is 19.4 Å². The summed E-state index contributed by atoms with van der Waals surface area (Å²) in [6, 6.07) is 13.4. The Morgan fingerprint density at radius 3 is 2.59 bits per heavy atom. The summed E-state index contributed by atoms with van der Waals surface area (Å²) in [5, 5.41) is 12.9. The third-order valence-corrected chi connectivity index (χ3v) is 2.63. The van der Waals surface area contributed by atoms with Gasteiger partial charge in [0.15, 0.2) is 0 Å². The smallest absolute Gasteiger partial charge is 0.138 e. The summed E-state index contributed by atoms with van der Waals surface area (Å²) in [5.41, 5.74) is 0. The minimum atomic E-state index is -1.18. The molecule has 0 saturated carbocycles. The molecule has 0 heterocycles. The van der Waals surface area contributed by atoms with E-state index in [1.165, 1.54) is 0 Å². The van der Waals surface area contributed by atoms with Crippen molar-refractivity contribution < 1.29 is 14.6 Å². The fraction of sp³-hybridized carbons (Fsp3) is 0.214. The van der Waals surface area contributed by atoms with Crippen LogP contribution in [0.1, 0.15) is 13.3 Å². The lowest BCUT2D eigenvalue weighted by molar-refractivity contribution is -0.313. The van der Waals surface area contributed by atoms with E-state index < -0.39 is 12.1 Å². The first-order chi connectivity index (χ1) is 8.20. The van der Waals surface area contributed by atoms with Crippen molar-refractivity contribution in [1.29, 1.82) is 0 Å². The normalized spacial score (nSPS) is 12.3. The Morgan fingerprint density at radius 2 is 1.94 bits per heavy atom. The van der Waals surface area contributed by atoms with Gasteiger partial charge in [-0.05, 0) is 29.3 Å². The Labute approximate surface area is 99.6 Å². The highest BCUT2D eigenvalue weighted by molar-refractivity contribution is 5.83. The van der Waals surface area contributed by atoms with Gasteiger partial charge in [0.1, 0.15) is 11.9 Å². The Balaban J connectivity index is 2.27. The second-order valence-electron chi connectivity index (χ2n) is 3.84. The van der Waals surface area contributed by atoms with Crippen LogP contribution < -0.4 is 9.84 Å². The van der Waals surface area contributed by atoms with Crippen LogP contribution in [-0.4, -0.2) is 12.1 Å². The summed E-state index contributed by atoms with van der Waals surface area (Å²) in [6.07, 6.45) is -0.508. The second kappa shape index (κ2) is 4.87. The van der Waals surface area contributed by atoms with Crippen LogP contribution in [0.25, 0.3) is 10.8 Å². The largest absolute Gasteiger partial charge is 0.546 e. The van der Waals surface area contributed by atoms with Crippen LogP contribution in [0.2, 0.25) is 0 Å². The lowest BCUT2D eigenvalue weighted by Gasteiger charge is -2.18. The first-order valence-corrected chi connectivity index (χ1v) is 5.57. The number of fused-ring (bicyclic) bond motifs is 1. The third-order valence-electron chi connectivity index (χ3n) is 2.63. The number of aliphatic carboxylic acids is 1. The van der Waals surface area contributed by atoms with Crippen LogP contribution in [0, 0.1) is 0 Å². The highest BCUT2D eigenvalue weighted by atomic mass is 16.5. The predicted octanol–water partition coefficient (Wildman–Crippen LogP) is 1.75. The number of carbonyl (C=O) groups is 1. The van der Waals surface area contributed by atoms with Crippen molar-refractivity contribution in [3.8, 4) is 5.75 Å². The molecule has 2 aromatic rings. The molecule has 0 amide bonds. The van der Waals surface area contributed by atoms with Crippen LogP contribution in [0.4, 0.5) is 0 Å². The first kappa shape index (κ1) is 11.5. The van der Waals surface area contributed by atoms with Crippen molar-refractivity contribution >= 4 is 16.7 Å². The van der Waals surface area contributed by atoms with Gasteiger partial charge in [-0.1, -0.05) is 37.3 Å². The molecule has 0 N–H and O–H groups in total. The molecule has 0 aliphatic heterocycles. The molecule has 0 spiro atoms. The highest BCUT2D eigenvalue weighted by Gasteiger charge is 2.09. The van der Waals surface area contributed by atoms with Gasteiger partial charge in [0, 0.05) is 0 Å². The number of rotatable bonds is 4. The molecule has 0 unspecified atom stereocenters. The van der Waals surface area contributed by atoms with Crippen molar-refractivity contribution in [1.82, 2.24) is 0 Å². The van der Waals surface area contributed by atoms with E-state index in [9.17, 15) is 9.90 Å². The number of ether oxygens (including phenoxy) is 1. The average Bonchev–Trinajstić information content (AvgIpc) is 2.35. The molecule has 0 aliphatic carbocycles. The Kier molecular flexibility index (Phi) is 3.28. The molecule has 0 radical (unpaired) electrons. The molecule has 0 aromatic heterocycles. The number of carboxylic acids is 1. The van der Waals surface area contributed by atoms with Gasteiger partial charge in [0.05, 0.1) is 5.97 Å². The molecular weight excluding hydrogens is 216 g/mol. The minimum absolute atomic E-state index is 0.384. The number of carboxylic acid groups (broad SMARTS) is 1. The molecule has 3 heteroatoms. The maximum Gasteiger partial charge on any atom is 0.138 e. The van der Waals surface area contributed by atoms with E-state index in [1.807, 2.05) is 36.4 Å². The van der Waals surface area contributed by atoms with Crippen LogP contribution in [-0.2, 0) is 4.79 Å². The minimum Gasteiger partial charge on any atom is -0.546 e. The monoisotopic (exact) mass is 229 g/mol. The van der Waals surface area contributed by atoms with E-state index in [2.05, 4.69) is 0 Å². The van der Waals surface area contributed by atoms with Crippen molar-refractivity contribution in [3.05, 3.63) is 42.5 Å².